The van der Waals surface area contributed by atoms with Crippen LogP contribution in [0.2, 0.25) is 0 Å². The lowest BCUT2D eigenvalue weighted by Gasteiger charge is -2.00. The zero-order valence-electron chi connectivity index (χ0n) is 6.93. The van der Waals surface area contributed by atoms with Crippen LogP contribution in [0.1, 0.15) is 13.3 Å². The number of rotatable bonds is 6. The largest absolute Gasteiger partial charge is 0.330 e. The molecule has 0 amide bonds. The summed E-state index contributed by atoms with van der Waals surface area (Å²) < 4.78 is 0. The van der Waals surface area contributed by atoms with Crippen LogP contribution < -0.4 is 11.1 Å². The molecule has 0 heterocycles. The Bertz CT molecular complexity index is 109. The van der Waals surface area contributed by atoms with E-state index in [2.05, 4.69) is 5.32 Å². The van der Waals surface area contributed by atoms with Crippen molar-refractivity contribution in [3.05, 3.63) is 0 Å². The van der Waals surface area contributed by atoms with Crippen molar-refractivity contribution in [1.29, 1.82) is 0 Å². The topological polar surface area (TPSA) is 55.1 Å². The number of hydrogen-bond acceptors (Lipinski definition) is 4. The molecule has 0 atom stereocenters. The van der Waals surface area contributed by atoms with Gasteiger partial charge in [0.05, 0.1) is 0 Å². The van der Waals surface area contributed by atoms with Crippen molar-refractivity contribution in [3.63, 3.8) is 0 Å². The highest BCUT2D eigenvalue weighted by Gasteiger charge is 1.92. The fourth-order valence-electron chi connectivity index (χ4n) is 0.619. The third-order valence-corrected chi connectivity index (χ3v) is 1.96. The molecule has 0 aromatic rings. The predicted octanol–water partition coefficient (Wildman–Crippen LogP) is 0.205. The second-order valence-electron chi connectivity index (χ2n) is 2.23. The molecule has 0 saturated carbocycles. The molecular weight excluding hydrogens is 160 g/mol. The van der Waals surface area contributed by atoms with Crippen molar-refractivity contribution in [2.45, 2.75) is 13.3 Å². The summed E-state index contributed by atoms with van der Waals surface area (Å²) in [4.78, 5) is 10.4. The quantitative estimate of drug-likeness (QED) is 0.568. The zero-order chi connectivity index (χ0) is 8.53. The van der Waals surface area contributed by atoms with Gasteiger partial charge in [-0.2, -0.15) is 0 Å². The SMILES string of the molecule is CC(=O)SCCNCCCN. The van der Waals surface area contributed by atoms with Gasteiger partial charge < -0.3 is 11.1 Å². The molecule has 4 heteroatoms. The second kappa shape index (κ2) is 8.04. The van der Waals surface area contributed by atoms with Crippen molar-refractivity contribution < 1.29 is 4.79 Å². The van der Waals surface area contributed by atoms with E-state index in [9.17, 15) is 4.79 Å². The van der Waals surface area contributed by atoms with Gasteiger partial charge in [-0.15, -0.1) is 0 Å². The molecule has 0 aliphatic carbocycles. The van der Waals surface area contributed by atoms with Crippen LogP contribution in [0, 0.1) is 0 Å². The van der Waals surface area contributed by atoms with Crippen molar-refractivity contribution in [2.75, 3.05) is 25.4 Å². The molecule has 0 rings (SSSR count). The van der Waals surface area contributed by atoms with E-state index in [1.165, 1.54) is 11.8 Å². The molecule has 3 nitrogen and oxygen atoms in total. The lowest BCUT2D eigenvalue weighted by Crippen LogP contribution is -2.21. The first kappa shape index (κ1) is 10.9. The van der Waals surface area contributed by atoms with Gasteiger partial charge in [0.15, 0.2) is 5.12 Å². The third kappa shape index (κ3) is 9.94. The van der Waals surface area contributed by atoms with Gasteiger partial charge >= 0.3 is 0 Å². The maximum atomic E-state index is 10.4. The van der Waals surface area contributed by atoms with E-state index < -0.39 is 0 Å². The molecule has 0 aromatic heterocycles. The molecular formula is C7H16N2OS. The minimum atomic E-state index is 0.186. The number of hydrogen-bond donors (Lipinski definition) is 2. The van der Waals surface area contributed by atoms with Gasteiger partial charge in [0.2, 0.25) is 0 Å². The summed E-state index contributed by atoms with van der Waals surface area (Å²) >= 11 is 1.36. The molecule has 0 bridgehead atoms. The molecule has 0 unspecified atom stereocenters. The van der Waals surface area contributed by atoms with E-state index in [0.717, 1.165) is 31.8 Å². The first-order valence-corrected chi connectivity index (χ1v) is 4.80. The predicted molar refractivity (Wildman–Crippen MR) is 49.7 cm³/mol. The molecule has 0 aliphatic heterocycles. The van der Waals surface area contributed by atoms with Gasteiger partial charge in [-0.05, 0) is 19.5 Å². The summed E-state index contributed by atoms with van der Waals surface area (Å²) in [6.07, 6.45) is 1.00. The normalized spacial score (nSPS) is 10.0. The van der Waals surface area contributed by atoms with Gasteiger partial charge in [-0.25, -0.2) is 0 Å². The van der Waals surface area contributed by atoms with Crippen LogP contribution in [-0.2, 0) is 4.79 Å². The standard InChI is InChI=1S/C7H16N2OS/c1-7(10)11-6-5-9-4-2-3-8/h9H,2-6,8H2,1H3. The maximum absolute atomic E-state index is 10.4. The summed E-state index contributed by atoms with van der Waals surface area (Å²) in [6, 6.07) is 0. The van der Waals surface area contributed by atoms with E-state index in [-0.39, 0.29) is 5.12 Å². The summed E-state index contributed by atoms with van der Waals surface area (Å²) in [5.41, 5.74) is 5.29. The molecule has 0 fully saturated rings. The Morgan fingerprint density at radius 1 is 1.55 bits per heavy atom. The van der Waals surface area contributed by atoms with E-state index in [4.69, 9.17) is 5.73 Å². The van der Waals surface area contributed by atoms with Crippen molar-refractivity contribution in [1.82, 2.24) is 5.32 Å². The summed E-state index contributed by atoms with van der Waals surface area (Å²) in [5.74, 6) is 0.861. The monoisotopic (exact) mass is 176 g/mol. The number of thioether (sulfide) groups is 1. The average Bonchev–Trinajstić information content (AvgIpc) is 1.96. The number of nitrogens with one attached hydrogen (secondary N) is 1. The van der Waals surface area contributed by atoms with Crippen LogP contribution >= 0.6 is 11.8 Å². The molecule has 0 saturated heterocycles. The molecule has 66 valence electrons. The van der Waals surface area contributed by atoms with Crippen LogP contribution in [0.25, 0.3) is 0 Å². The van der Waals surface area contributed by atoms with Crippen LogP contribution in [0.3, 0.4) is 0 Å². The minimum Gasteiger partial charge on any atom is -0.330 e. The molecule has 11 heavy (non-hydrogen) atoms. The van der Waals surface area contributed by atoms with E-state index in [0.29, 0.717) is 0 Å². The summed E-state index contributed by atoms with van der Waals surface area (Å²) in [6.45, 7) is 4.16. The van der Waals surface area contributed by atoms with Gasteiger partial charge in [0.1, 0.15) is 0 Å². The van der Waals surface area contributed by atoms with Crippen LogP contribution in [0.5, 0.6) is 0 Å². The summed E-state index contributed by atoms with van der Waals surface area (Å²) in [5, 5.41) is 3.37. The van der Waals surface area contributed by atoms with E-state index in [1.807, 2.05) is 0 Å². The minimum absolute atomic E-state index is 0.186. The van der Waals surface area contributed by atoms with Crippen molar-refractivity contribution >= 4 is 16.9 Å². The first-order valence-electron chi connectivity index (χ1n) is 3.81. The van der Waals surface area contributed by atoms with Gasteiger partial charge in [0.25, 0.3) is 0 Å². The van der Waals surface area contributed by atoms with Crippen molar-refractivity contribution in [2.24, 2.45) is 5.73 Å². The highest BCUT2D eigenvalue weighted by molar-refractivity contribution is 8.13. The smallest absolute Gasteiger partial charge is 0.185 e. The molecule has 0 spiro atoms. The van der Waals surface area contributed by atoms with Crippen LogP contribution in [0.15, 0.2) is 0 Å². The Morgan fingerprint density at radius 2 is 2.27 bits per heavy atom. The number of carbonyl (C=O) groups excluding carboxylic acids is 1. The fraction of sp³-hybridized carbons (Fsp3) is 0.857. The van der Waals surface area contributed by atoms with Crippen LogP contribution in [-0.4, -0.2) is 30.5 Å². The maximum Gasteiger partial charge on any atom is 0.185 e. The van der Waals surface area contributed by atoms with Gasteiger partial charge in [-0.3, -0.25) is 4.79 Å². The Morgan fingerprint density at radius 3 is 2.82 bits per heavy atom. The molecule has 0 radical (unpaired) electrons. The Kier molecular flexibility index (Phi) is 8.00. The van der Waals surface area contributed by atoms with Crippen LogP contribution in [0.4, 0.5) is 0 Å². The highest BCUT2D eigenvalue weighted by Crippen LogP contribution is 1.97. The first-order chi connectivity index (χ1) is 5.27. The molecule has 0 aliphatic rings. The van der Waals surface area contributed by atoms with Crippen molar-refractivity contribution in [3.8, 4) is 0 Å². The Hall–Kier alpha value is -0.0600. The van der Waals surface area contributed by atoms with Gasteiger partial charge in [0, 0.05) is 19.2 Å². The third-order valence-electron chi connectivity index (χ3n) is 1.14. The van der Waals surface area contributed by atoms with E-state index in [1.54, 1.807) is 6.92 Å². The number of carbonyl (C=O) groups is 1. The molecule has 0 aromatic carbocycles. The Labute approximate surface area is 72.1 Å². The molecule has 3 N–H and O–H groups in total. The Balaban J connectivity index is 2.85. The summed E-state index contributed by atoms with van der Waals surface area (Å²) in [7, 11) is 0. The average molecular weight is 176 g/mol. The van der Waals surface area contributed by atoms with Gasteiger partial charge in [-0.1, -0.05) is 11.8 Å². The lowest BCUT2D eigenvalue weighted by molar-refractivity contribution is -0.109. The zero-order valence-corrected chi connectivity index (χ0v) is 7.75. The fourth-order valence-corrected chi connectivity index (χ4v) is 1.15. The number of nitrogens with two attached hydrogens (primary N) is 1. The van der Waals surface area contributed by atoms with E-state index >= 15 is 0 Å². The second-order valence-corrected chi connectivity index (χ2v) is 3.50. The lowest BCUT2D eigenvalue weighted by atomic mass is 10.4. The highest BCUT2D eigenvalue weighted by atomic mass is 32.2.